The van der Waals surface area contributed by atoms with E-state index in [0.29, 0.717) is 0 Å². The van der Waals surface area contributed by atoms with Crippen molar-refractivity contribution in [2.45, 2.75) is 6.92 Å². The summed E-state index contributed by atoms with van der Waals surface area (Å²) < 4.78 is 5.88. The zero-order valence-corrected chi connectivity index (χ0v) is 9.79. The van der Waals surface area contributed by atoms with E-state index in [4.69, 9.17) is 4.74 Å². The first-order valence-electron chi connectivity index (χ1n) is 4.37. The predicted molar refractivity (Wildman–Crippen MR) is 54.6 cm³/mol. The van der Waals surface area contributed by atoms with Gasteiger partial charge in [0.25, 0.3) is 0 Å². The topological polar surface area (TPSA) is 49.4 Å². The number of aliphatic carboxylic acids is 1. The second-order valence-electron chi connectivity index (χ2n) is 4.07. The molecule has 84 valence electrons. The van der Waals surface area contributed by atoms with Gasteiger partial charge >= 0.3 is 0 Å². The molecular weight excluding hydrogens is 182 g/mol. The highest BCUT2D eigenvalue weighted by atomic mass is 16.5. The van der Waals surface area contributed by atoms with E-state index in [1.165, 1.54) is 6.92 Å². The number of carboxylic acids is 1. The number of hydrogen-bond acceptors (Lipinski definition) is 3. The molecule has 0 unspecified atom stereocenters. The van der Waals surface area contributed by atoms with Crippen LogP contribution in [0.25, 0.3) is 0 Å². The molecular formula is C10H21NO3. The van der Waals surface area contributed by atoms with Gasteiger partial charge in [0.15, 0.2) is 0 Å². The molecule has 0 spiro atoms. The first-order valence-corrected chi connectivity index (χ1v) is 4.37. The van der Waals surface area contributed by atoms with Crippen molar-refractivity contribution in [1.29, 1.82) is 0 Å². The molecule has 14 heavy (non-hydrogen) atoms. The van der Waals surface area contributed by atoms with Crippen molar-refractivity contribution in [2.75, 3.05) is 41.4 Å². The fourth-order valence-electron chi connectivity index (χ4n) is 0.365. The van der Waals surface area contributed by atoms with Gasteiger partial charge < -0.3 is 19.1 Å². The Balaban J connectivity index is 0. The lowest BCUT2D eigenvalue weighted by molar-refractivity contribution is -0.870. The lowest BCUT2D eigenvalue weighted by Crippen LogP contribution is -2.37. The fraction of sp³-hybridized carbons (Fsp3) is 0.700. The standard InChI is InChI=1S/C6H16NO.C4H6O2/c1-7(2,3)5-6-8-4;1-3(2)4(5)6/h5-6H2,1-4H3;1H2,2H3,(H,5,6)/q+1;/p-1. The maximum atomic E-state index is 9.49. The number of ether oxygens (including phenoxy) is 1. The van der Waals surface area contributed by atoms with E-state index in [9.17, 15) is 9.90 Å². The number of carboxylic acid groups (broad SMARTS) is 1. The Hall–Kier alpha value is -0.870. The average Bonchev–Trinajstić information content (AvgIpc) is 2.00. The third-order valence-electron chi connectivity index (χ3n) is 1.31. The molecule has 0 N–H and O–H groups in total. The van der Waals surface area contributed by atoms with Crippen molar-refractivity contribution < 1.29 is 19.1 Å². The zero-order chi connectivity index (χ0) is 11.8. The third kappa shape index (κ3) is 17.3. The molecule has 0 fully saturated rings. The van der Waals surface area contributed by atoms with E-state index in [1.54, 1.807) is 7.11 Å². The summed E-state index contributed by atoms with van der Waals surface area (Å²) in [6, 6.07) is 0. The average molecular weight is 203 g/mol. The first kappa shape index (κ1) is 15.6. The van der Waals surface area contributed by atoms with Crippen LogP contribution in [0.3, 0.4) is 0 Å². The van der Waals surface area contributed by atoms with Crippen LogP contribution in [0.2, 0.25) is 0 Å². The van der Waals surface area contributed by atoms with Crippen LogP contribution in [0.5, 0.6) is 0 Å². The Kier molecular flexibility index (Phi) is 8.38. The minimum Gasteiger partial charge on any atom is -0.545 e. The normalized spacial score (nSPS) is 10.1. The largest absolute Gasteiger partial charge is 0.545 e. The van der Waals surface area contributed by atoms with Gasteiger partial charge in [0.1, 0.15) is 6.54 Å². The molecule has 4 heteroatoms. The van der Waals surface area contributed by atoms with Gasteiger partial charge in [0.2, 0.25) is 0 Å². The van der Waals surface area contributed by atoms with Crippen LogP contribution in [-0.2, 0) is 9.53 Å². The molecule has 0 aromatic carbocycles. The Morgan fingerprint density at radius 3 is 1.86 bits per heavy atom. The third-order valence-corrected chi connectivity index (χ3v) is 1.31. The van der Waals surface area contributed by atoms with Crippen molar-refractivity contribution in [3.8, 4) is 0 Å². The van der Waals surface area contributed by atoms with E-state index < -0.39 is 5.97 Å². The molecule has 0 atom stereocenters. The number of hydrogen-bond donors (Lipinski definition) is 0. The van der Waals surface area contributed by atoms with Crippen molar-refractivity contribution in [1.82, 2.24) is 0 Å². The van der Waals surface area contributed by atoms with E-state index in [-0.39, 0.29) is 5.57 Å². The molecule has 0 heterocycles. The lowest BCUT2D eigenvalue weighted by Gasteiger charge is -2.22. The molecule has 0 aromatic rings. The number of carbonyl (C=O) groups excluding carboxylic acids is 1. The SMILES string of the molecule is C=C(C)C(=O)[O-].COCC[N+](C)(C)C. The van der Waals surface area contributed by atoms with Crippen molar-refractivity contribution in [2.24, 2.45) is 0 Å². The van der Waals surface area contributed by atoms with Crippen molar-refractivity contribution >= 4 is 5.97 Å². The van der Waals surface area contributed by atoms with Crippen LogP contribution >= 0.6 is 0 Å². The highest BCUT2D eigenvalue weighted by Crippen LogP contribution is 1.87. The summed E-state index contributed by atoms with van der Waals surface area (Å²) in [4.78, 5) is 9.49. The van der Waals surface area contributed by atoms with Crippen LogP contribution in [-0.4, -0.2) is 51.9 Å². The Bertz CT molecular complexity index is 170. The molecule has 0 aromatic heterocycles. The summed E-state index contributed by atoms with van der Waals surface area (Å²) in [5.41, 5.74) is 0.0648. The molecule has 0 aliphatic heterocycles. The van der Waals surface area contributed by atoms with Crippen molar-refractivity contribution in [3.63, 3.8) is 0 Å². The van der Waals surface area contributed by atoms with Crippen molar-refractivity contribution in [3.05, 3.63) is 12.2 Å². The van der Waals surface area contributed by atoms with Gasteiger partial charge in [-0.3, -0.25) is 0 Å². The fourth-order valence-corrected chi connectivity index (χ4v) is 0.365. The molecule has 0 saturated carbocycles. The van der Waals surface area contributed by atoms with Crippen LogP contribution in [0.4, 0.5) is 0 Å². The first-order chi connectivity index (χ1) is 6.20. The lowest BCUT2D eigenvalue weighted by atomic mass is 10.4. The zero-order valence-electron chi connectivity index (χ0n) is 9.79. The van der Waals surface area contributed by atoms with E-state index >= 15 is 0 Å². The van der Waals surface area contributed by atoms with E-state index in [1.807, 2.05) is 0 Å². The minimum absolute atomic E-state index is 0.0648. The number of nitrogens with zero attached hydrogens (tertiary/aromatic N) is 1. The Morgan fingerprint density at radius 2 is 1.79 bits per heavy atom. The second kappa shape index (κ2) is 7.53. The summed E-state index contributed by atoms with van der Waals surface area (Å²) in [5.74, 6) is -1.19. The number of quaternary nitrogens is 1. The van der Waals surface area contributed by atoms with E-state index in [0.717, 1.165) is 17.6 Å². The highest BCUT2D eigenvalue weighted by Gasteiger charge is 2.03. The molecule has 0 aliphatic carbocycles. The maximum absolute atomic E-state index is 9.49. The second-order valence-corrected chi connectivity index (χ2v) is 4.07. The van der Waals surface area contributed by atoms with Gasteiger partial charge in [-0.15, -0.1) is 0 Å². The smallest absolute Gasteiger partial charge is 0.102 e. The minimum atomic E-state index is -1.19. The summed E-state index contributed by atoms with van der Waals surface area (Å²) in [6.07, 6.45) is 0. The Morgan fingerprint density at radius 1 is 1.43 bits per heavy atom. The van der Waals surface area contributed by atoms with Gasteiger partial charge in [-0.25, -0.2) is 0 Å². The number of methoxy groups -OCH3 is 1. The van der Waals surface area contributed by atoms with E-state index in [2.05, 4.69) is 27.7 Å². The maximum Gasteiger partial charge on any atom is 0.102 e. The number of rotatable bonds is 4. The van der Waals surface area contributed by atoms with Gasteiger partial charge in [-0.05, 0) is 12.5 Å². The van der Waals surface area contributed by atoms with Crippen LogP contribution in [0.1, 0.15) is 6.92 Å². The van der Waals surface area contributed by atoms with Gasteiger partial charge in [0.05, 0.1) is 33.7 Å². The molecule has 0 amide bonds. The summed E-state index contributed by atoms with van der Waals surface area (Å²) >= 11 is 0. The highest BCUT2D eigenvalue weighted by molar-refractivity contribution is 5.82. The van der Waals surface area contributed by atoms with Gasteiger partial charge in [-0.1, -0.05) is 6.58 Å². The summed E-state index contributed by atoms with van der Waals surface area (Å²) in [6.45, 7) is 6.41. The molecule has 0 rings (SSSR count). The number of carbonyl (C=O) groups is 1. The van der Waals surface area contributed by atoms with Crippen LogP contribution < -0.4 is 5.11 Å². The number of likely N-dealkylation sites (N-methyl/N-ethyl adjacent to an activating group) is 1. The summed E-state index contributed by atoms with van der Waals surface area (Å²) in [5, 5.41) is 9.49. The quantitative estimate of drug-likeness (QED) is 0.463. The molecule has 0 aliphatic rings. The molecule has 0 saturated heterocycles. The van der Waals surface area contributed by atoms with Crippen LogP contribution in [0.15, 0.2) is 12.2 Å². The monoisotopic (exact) mass is 203 g/mol. The van der Waals surface area contributed by atoms with Gasteiger partial charge in [-0.2, -0.15) is 0 Å². The summed E-state index contributed by atoms with van der Waals surface area (Å²) in [7, 11) is 8.19. The Labute approximate surface area is 86.4 Å². The van der Waals surface area contributed by atoms with Crippen LogP contribution in [0, 0.1) is 0 Å². The molecule has 0 radical (unpaired) electrons. The predicted octanol–water partition coefficient (Wildman–Crippen LogP) is -0.349. The molecule has 0 bridgehead atoms. The molecule has 4 nitrogen and oxygen atoms in total. The van der Waals surface area contributed by atoms with Gasteiger partial charge in [0, 0.05) is 7.11 Å².